The summed E-state index contributed by atoms with van der Waals surface area (Å²) in [4.78, 5) is 49.8. The fourth-order valence-electron chi connectivity index (χ4n) is 3.57. The topological polar surface area (TPSA) is 191 Å². The number of aliphatic carboxylic acids is 4. The molecular weight excluding hydrogens is 416 g/mol. The largest absolute Gasteiger partial charge is 0.481 e. The molecule has 1 aliphatic rings. The number of carboxylic acid groups (broad SMARTS) is 4. The Morgan fingerprint density at radius 2 is 1.39 bits per heavy atom. The van der Waals surface area contributed by atoms with Crippen LogP contribution in [0.25, 0.3) is 0 Å². The lowest BCUT2D eigenvalue weighted by Gasteiger charge is -2.37. The first-order valence-corrected chi connectivity index (χ1v) is 10.0. The SMILES string of the molecule is O=C(O)CC1CCN(CC(=O)O)CCN(CC(=O)O)CC(CCO)N(CC(=O)O)CN1. The van der Waals surface area contributed by atoms with Gasteiger partial charge in [-0.2, -0.15) is 0 Å². The minimum absolute atomic E-state index is 0.0226. The fraction of sp³-hybridized carbons (Fsp3) is 0.778. The molecule has 2 unspecified atom stereocenters. The molecular formula is C18H32N4O9. The maximum absolute atomic E-state index is 11.4. The molecule has 0 aromatic rings. The zero-order chi connectivity index (χ0) is 23.4. The standard InChI is InChI=1S/C18H32N4O9/c23-6-2-14-8-21(10-17(28)29)5-4-20(9-16(26)27)3-1-13(7-15(24)25)19-12-22(14)11-18(30)31/h13-14,19,23H,1-12H2,(H,24,25)(H,26,27)(H,28,29)(H,30,31). The molecule has 1 aliphatic heterocycles. The summed E-state index contributed by atoms with van der Waals surface area (Å²) in [6.45, 7) is -0.304. The Kier molecular flexibility index (Phi) is 12.0. The first kappa shape index (κ1) is 26.7. The van der Waals surface area contributed by atoms with Crippen molar-refractivity contribution in [2.24, 2.45) is 0 Å². The van der Waals surface area contributed by atoms with Gasteiger partial charge in [-0.25, -0.2) is 0 Å². The molecule has 0 bridgehead atoms. The molecule has 0 saturated carbocycles. The van der Waals surface area contributed by atoms with Crippen molar-refractivity contribution in [2.75, 3.05) is 59.1 Å². The summed E-state index contributed by atoms with van der Waals surface area (Å²) >= 11 is 0. The van der Waals surface area contributed by atoms with Gasteiger partial charge in [0.25, 0.3) is 0 Å². The predicted octanol–water partition coefficient (Wildman–Crippen LogP) is -2.31. The Morgan fingerprint density at radius 3 is 1.94 bits per heavy atom. The van der Waals surface area contributed by atoms with Gasteiger partial charge in [-0.05, 0) is 12.8 Å². The molecule has 178 valence electrons. The number of carboxylic acids is 4. The highest BCUT2D eigenvalue weighted by Gasteiger charge is 2.27. The average Bonchev–Trinajstić information content (AvgIpc) is 2.63. The molecule has 1 rings (SSSR count). The van der Waals surface area contributed by atoms with E-state index in [0.29, 0.717) is 6.42 Å². The summed E-state index contributed by atoms with van der Waals surface area (Å²) in [7, 11) is 0. The molecule has 13 nitrogen and oxygen atoms in total. The van der Waals surface area contributed by atoms with Gasteiger partial charge in [-0.1, -0.05) is 0 Å². The van der Waals surface area contributed by atoms with Gasteiger partial charge in [0, 0.05) is 51.5 Å². The van der Waals surface area contributed by atoms with Gasteiger partial charge in [-0.15, -0.1) is 0 Å². The highest BCUT2D eigenvalue weighted by atomic mass is 16.4. The van der Waals surface area contributed by atoms with Gasteiger partial charge in [0.15, 0.2) is 0 Å². The molecule has 0 spiro atoms. The Balaban J connectivity index is 3.14. The van der Waals surface area contributed by atoms with Crippen LogP contribution in [0.15, 0.2) is 0 Å². The maximum atomic E-state index is 11.4. The quantitative estimate of drug-likeness (QED) is 0.209. The van der Waals surface area contributed by atoms with Crippen molar-refractivity contribution in [3.63, 3.8) is 0 Å². The third-order valence-electron chi connectivity index (χ3n) is 5.03. The second kappa shape index (κ2) is 13.9. The third kappa shape index (κ3) is 11.6. The molecule has 1 heterocycles. The van der Waals surface area contributed by atoms with E-state index in [1.807, 2.05) is 0 Å². The lowest BCUT2D eigenvalue weighted by molar-refractivity contribution is -0.141. The zero-order valence-corrected chi connectivity index (χ0v) is 17.4. The molecule has 6 N–H and O–H groups in total. The van der Waals surface area contributed by atoms with Gasteiger partial charge in [0.05, 0.1) is 26.1 Å². The summed E-state index contributed by atoms with van der Waals surface area (Å²) in [6.07, 6.45) is 0.273. The van der Waals surface area contributed by atoms with Crippen molar-refractivity contribution >= 4 is 23.9 Å². The number of aliphatic hydroxyl groups is 1. The van der Waals surface area contributed by atoms with Crippen LogP contribution in [0.2, 0.25) is 0 Å². The molecule has 0 aromatic carbocycles. The van der Waals surface area contributed by atoms with Crippen molar-refractivity contribution < 1.29 is 44.7 Å². The molecule has 1 saturated heterocycles. The van der Waals surface area contributed by atoms with E-state index in [-0.39, 0.29) is 71.9 Å². The van der Waals surface area contributed by atoms with E-state index < -0.39 is 36.0 Å². The van der Waals surface area contributed by atoms with E-state index in [1.54, 1.807) is 14.7 Å². The Morgan fingerprint density at radius 1 is 0.806 bits per heavy atom. The smallest absolute Gasteiger partial charge is 0.317 e. The first-order valence-electron chi connectivity index (χ1n) is 10.0. The molecule has 31 heavy (non-hydrogen) atoms. The van der Waals surface area contributed by atoms with Crippen molar-refractivity contribution in [2.45, 2.75) is 31.3 Å². The average molecular weight is 448 g/mol. The van der Waals surface area contributed by atoms with Gasteiger partial charge < -0.3 is 30.8 Å². The van der Waals surface area contributed by atoms with Crippen LogP contribution in [0.1, 0.15) is 19.3 Å². The normalized spacial score (nSPS) is 22.9. The minimum Gasteiger partial charge on any atom is -0.481 e. The van der Waals surface area contributed by atoms with E-state index in [1.165, 1.54) is 0 Å². The summed E-state index contributed by atoms with van der Waals surface area (Å²) in [5.74, 6) is -4.28. The highest BCUT2D eigenvalue weighted by molar-refractivity contribution is 5.70. The molecule has 0 amide bonds. The van der Waals surface area contributed by atoms with Crippen molar-refractivity contribution in [1.82, 2.24) is 20.0 Å². The summed E-state index contributed by atoms with van der Waals surface area (Å²) in [5, 5.41) is 49.4. The van der Waals surface area contributed by atoms with Crippen LogP contribution in [-0.2, 0) is 19.2 Å². The van der Waals surface area contributed by atoms with E-state index in [2.05, 4.69) is 5.32 Å². The Hall–Kier alpha value is -2.32. The van der Waals surface area contributed by atoms with Crippen molar-refractivity contribution in [3.8, 4) is 0 Å². The van der Waals surface area contributed by atoms with Crippen LogP contribution >= 0.6 is 0 Å². The van der Waals surface area contributed by atoms with E-state index in [0.717, 1.165) is 0 Å². The summed E-state index contributed by atoms with van der Waals surface area (Å²) in [5.41, 5.74) is 0. The van der Waals surface area contributed by atoms with Gasteiger partial charge in [0.2, 0.25) is 0 Å². The number of rotatable bonds is 10. The van der Waals surface area contributed by atoms with E-state index in [4.69, 9.17) is 5.11 Å². The number of nitrogens with one attached hydrogen (secondary N) is 1. The van der Waals surface area contributed by atoms with Gasteiger partial charge in [-0.3, -0.25) is 33.9 Å². The number of hydrogen-bond acceptors (Lipinski definition) is 9. The van der Waals surface area contributed by atoms with Crippen LogP contribution in [0.3, 0.4) is 0 Å². The van der Waals surface area contributed by atoms with Crippen molar-refractivity contribution in [3.05, 3.63) is 0 Å². The summed E-state index contributed by atoms with van der Waals surface area (Å²) < 4.78 is 0. The Labute approximate surface area is 179 Å². The van der Waals surface area contributed by atoms with Crippen LogP contribution in [0, 0.1) is 0 Å². The monoisotopic (exact) mass is 448 g/mol. The molecule has 0 radical (unpaired) electrons. The molecule has 13 heteroatoms. The molecule has 1 fully saturated rings. The lowest BCUT2D eigenvalue weighted by Crippen LogP contribution is -2.54. The van der Waals surface area contributed by atoms with Crippen molar-refractivity contribution in [1.29, 1.82) is 0 Å². The fourth-order valence-corrected chi connectivity index (χ4v) is 3.57. The number of hydrogen-bond donors (Lipinski definition) is 6. The summed E-state index contributed by atoms with van der Waals surface area (Å²) in [6, 6.07) is -1.03. The minimum atomic E-state index is -1.11. The van der Waals surface area contributed by atoms with Crippen LogP contribution in [0.4, 0.5) is 0 Å². The zero-order valence-electron chi connectivity index (χ0n) is 17.4. The Bertz CT molecular complexity index is 619. The first-order chi connectivity index (χ1) is 14.6. The van der Waals surface area contributed by atoms with Gasteiger partial charge in [0.1, 0.15) is 0 Å². The van der Waals surface area contributed by atoms with E-state index in [9.17, 15) is 39.6 Å². The molecule has 2 atom stereocenters. The predicted molar refractivity (Wildman–Crippen MR) is 107 cm³/mol. The molecule has 0 aromatic heterocycles. The number of nitrogens with zero attached hydrogens (tertiary/aromatic N) is 3. The highest BCUT2D eigenvalue weighted by Crippen LogP contribution is 2.10. The van der Waals surface area contributed by atoms with Crippen LogP contribution < -0.4 is 5.32 Å². The van der Waals surface area contributed by atoms with E-state index >= 15 is 0 Å². The second-order valence-corrected chi connectivity index (χ2v) is 7.55. The van der Waals surface area contributed by atoms with Gasteiger partial charge >= 0.3 is 23.9 Å². The van der Waals surface area contributed by atoms with Crippen LogP contribution in [-0.4, -0.2) is 135 Å². The second-order valence-electron chi connectivity index (χ2n) is 7.55. The third-order valence-corrected chi connectivity index (χ3v) is 5.03. The number of aliphatic hydroxyl groups excluding tert-OH is 1. The lowest BCUT2D eigenvalue weighted by atomic mass is 10.1. The maximum Gasteiger partial charge on any atom is 0.317 e. The number of carbonyl (C=O) groups is 4. The molecule has 0 aliphatic carbocycles. The van der Waals surface area contributed by atoms with Crippen LogP contribution in [0.5, 0.6) is 0 Å².